The first-order valence-electron chi connectivity index (χ1n) is 6.67. The van der Waals surface area contributed by atoms with Crippen LogP contribution in [0.2, 0.25) is 0 Å². The first-order valence-corrected chi connectivity index (χ1v) is 6.67. The van der Waals surface area contributed by atoms with Crippen LogP contribution in [0.5, 0.6) is 11.5 Å². The number of aromatic nitrogens is 1. The van der Waals surface area contributed by atoms with E-state index in [2.05, 4.69) is 4.98 Å². The number of carbonyl (C=O) groups excluding carboxylic acids is 1. The molecule has 5 nitrogen and oxygen atoms in total. The summed E-state index contributed by atoms with van der Waals surface area (Å²) in [4.78, 5) is 18.7. The number of nitrogens with zero attached hydrogens (tertiary/aromatic N) is 2. The Labute approximate surface area is 123 Å². The molecule has 0 unspecified atom stereocenters. The van der Waals surface area contributed by atoms with Gasteiger partial charge in [0.25, 0.3) is 5.91 Å². The van der Waals surface area contributed by atoms with Gasteiger partial charge in [-0.05, 0) is 23.8 Å². The summed E-state index contributed by atoms with van der Waals surface area (Å²) in [7, 11) is 3.13. The fourth-order valence-electron chi connectivity index (χ4n) is 2.49. The van der Waals surface area contributed by atoms with E-state index < -0.39 is 0 Å². The first kappa shape index (κ1) is 13.4. The van der Waals surface area contributed by atoms with E-state index in [1.54, 1.807) is 43.5 Å². The summed E-state index contributed by atoms with van der Waals surface area (Å²) in [6, 6.07) is 9.10. The topological polar surface area (TPSA) is 51.7 Å². The summed E-state index contributed by atoms with van der Waals surface area (Å²) in [5.74, 6) is 1.12. The van der Waals surface area contributed by atoms with Crippen LogP contribution in [0.4, 0.5) is 0 Å². The van der Waals surface area contributed by atoms with Crippen molar-refractivity contribution in [3.63, 3.8) is 0 Å². The van der Waals surface area contributed by atoms with Gasteiger partial charge in [0.2, 0.25) is 0 Å². The minimum absolute atomic E-state index is 0.0625. The Morgan fingerprint density at radius 3 is 2.76 bits per heavy atom. The number of ether oxygens (including phenoxy) is 2. The predicted molar refractivity (Wildman–Crippen MR) is 77.4 cm³/mol. The van der Waals surface area contributed by atoms with E-state index in [1.165, 1.54) is 0 Å². The Morgan fingerprint density at radius 1 is 1.19 bits per heavy atom. The lowest BCUT2D eigenvalue weighted by Crippen LogP contribution is -2.25. The Kier molecular flexibility index (Phi) is 3.48. The third-order valence-electron chi connectivity index (χ3n) is 3.61. The van der Waals surface area contributed by atoms with E-state index in [1.807, 2.05) is 12.1 Å². The summed E-state index contributed by atoms with van der Waals surface area (Å²) in [5, 5.41) is 0. The monoisotopic (exact) mass is 284 g/mol. The number of fused-ring (bicyclic) bond motifs is 1. The van der Waals surface area contributed by atoms with Crippen LogP contribution in [-0.2, 0) is 13.1 Å². The molecular weight excluding hydrogens is 268 g/mol. The van der Waals surface area contributed by atoms with Crippen molar-refractivity contribution in [3.05, 3.63) is 53.3 Å². The Hall–Kier alpha value is -2.56. The van der Waals surface area contributed by atoms with Gasteiger partial charge in [0.05, 0.1) is 32.0 Å². The second kappa shape index (κ2) is 5.44. The molecule has 1 aromatic carbocycles. The molecule has 2 heterocycles. The summed E-state index contributed by atoms with van der Waals surface area (Å²) in [6.45, 7) is 1.11. The summed E-state index contributed by atoms with van der Waals surface area (Å²) < 4.78 is 10.5. The molecule has 0 saturated heterocycles. The molecule has 0 radical (unpaired) electrons. The van der Waals surface area contributed by atoms with Crippen molar-refractivity contribution in [2.75, 3.05) is 14.2 Å². The van der Waals surface area contributed by atoms with Crippen molar-refractivity contribution in [1.29, 1.82) is 0 Å². The molecule has 2 aromatic rings. The van der Waals surface area contributed by atoms with Gasteiger partial charge in [-0.2, -0.15) is 0 Å². The highest BCUT2D eigenvalue weighted by atomic mass is 16.5. The number of rotatable bonds is 3. The van der Waals surface area contributed by atoms with Crippen LogP contribution in [-0.4, -0.2) is 30.0 Å². The number of methoxy groups -OCH3 is 2. The lowest BCUT2D eigenvalue weighted by molar-refractivity contribution is 0.0747. The van der Waals surface area contributed by atoms with Crippen LogP contribution < -0.4 is 9.47 Å². The molecule has 0 spiro atoms. The number of pyridine rings is 1. The van der Waals surface area contributed by atoms with Gasteiger partial charge in [-0.25, -0.2) is 0 Å². The highest BCUT2D eigenvalue weighted by Gasteiger charge is 2.26. The van der Waals surface area contributed by atoms with Gasteiger partial charge in [0.1, 0.15) is 11.5 Å². The molecule has 1 aliphatic heterocycles. The molecule has 0 fully saturated rings. The van der Waals surface area contributed by atoms with Crippen molar-refractivity contribution < 1.29 is 14.3 Å². The fraction of sp³-hybridized carbons (Fsp3) is 0.250. The molecule has 0 atom stereocenters. The number of carbonyl (C=O) groups is 1. The maximum Gasteiger partial charge on any atom is 0.258 e. The number of benzene rings is 1. The van der Waals surface area contributed by atoms with Crippen molar-refractivity contribution in [2.45, 2.75) is 13.1 Å². The lowest BCUT2D eigenvalue weighted by atomic mass is 10.1. The molecule has 5 heteroatoms. The van der Waals surface area contributed by atoms with Gasteiger partial charge in [-0.3, -0.25) is 9.78 Å². The average molecular weight is 284 g/mol. The fourth-order valence-corrected chi connectivity index (χ4v) is 2.49. The van der Waals surface area contributed by atoms with E-state index in [0.29, 0.717) is 30.2 Å². The van der Waals surface area contributed by atoms with E-state index >= 15 is 0 Å². The summed E-state index contributed by atoms with van der Waals surface area (Å²) in [6.07, 6.45) is 1.75. The molecule has 1 aromatic heterocycles. The SMILES string of the molecule is COc1ccc(C(=O)N2Cc3cccnc3C2)c(OC)c1. The van der Waals surface area contributed by atoms with Crippen molar-refractivity contribution >= 4 is 5.91 Å². The zero-order chi connectivity index (χ0) is 14.8. The number of amides is 1. The first-order chi connectivity index (χ1) is 10.2. The molecule has 21 heavy (non-hydrogen) atoms. The van der Waals surface area contributed by atoms with E-state index in [9.17, 15) is 4.79 Å². The molecule has 0 bridgehead atoms. The second-order valence-electron chi connectivity index (χ2n) is 4.84. The maximum absolute atomic E-state index is 12.7. The molecule has 1 aliphatic rings. The number of hydrogen-bond donors (Lipinski definition) is 0. The highest BCUT2D eigenvalue weighted by Crippen LogP contribution is 2.28. The van der Waals surface area contributed by atoms with Crippen LogP contribution in [0.1, 0.15) is 21.6 Å². The standard InChI is InChI=1S/C16H16N2O3/c1-20-12-5-6-13(15(8-12)21-2)16(19)18-9-11-4-3-7-17-14(11)10-18/h3-8H,9-10H2,1-2H3. The molecule has 3 rings (SSSR count). The predicted octanol–water partition coefficient (Wildman–Crippen LogP) is 2.25. The van der Waals surface area contributed by atoms with Crippen LogP contribution in [0.3, 0.4) is 0 Å². The Bertz CT molecular complexity index is 660. The minimum atomic E-state index is -0.0625. The maximum atomic E-state index is 12.7. The Balaban J connectivity index is 1.87. The minimum Gasteiger partial charge on any atom is -0.497 e. The van der Waals surface area contributed by atoms with Crippen LogP contribution >= 0.6 is 0 Å². The largest absolute Gasteiger partial charge is 0.497 e. The molecule has 1 amide bonds. The van der Waals surface area contributed by atoms with Crippen LogP contribution in [0.15, 0.2) is 36.5 Å². The third kappa shape index (κ3) is 2.42. The van der Waals surface area contributed by atoms with Crippen LogP contribution in [0.25, 0.3) is 0 Å². The molecule has 108 valence electrons. The molecule has 0 saturated carbocycles. The molecule has 0 N–H and O–H groups in total. The van der Waals surface area contributed by atoms with Crippen molar-refractivity contribution in [3.8, 4) is 11.5 Å². The van der Waals surface area contributed by atoms with Gasteiger partial charge in [-0.15, -0.1) is 0 Å². The molecular formula is C16H16N2O3. The smallest absolute Gasteiger partial charge is 0.258 e. The van der Waals surface area contributed by atoms with Gasteiger partial charge < -0.3 is 14.4 Å². The quantitative estimate of drug-likeness (QED) is 0.867. The lowest BCUT2D eigenvalue weighted by Gasteiger charge is -2.17. The normalized spacial score (nSPS) is 13.0. The zero-order valence-corrected chi connectivity index (χ0v) is 12.0. The third-order valence-corrected chi connectivity index (χ3v) is 3.61. The van der Waals surface area contributed by atoms with Gasteiger partial charge >= 0.3 is 0 Å². The molecule has 0 aliphatic carbocycles. The van der Waals surface area contributed by atoms with Gasteiger partial charge in [0.15, 0.2) is 0 Å². The second-order valence-corrected chi connectivity index (χ2v) is 4.84. The van der Waals surface area contributed by atoms with Gasteiger partial charge in [0, 0.05) is 18.8 Å². The Morgan fingerprint density at radius 2 is 2.05 bits per heavy atom. The summed E-state index contributed by atoms with van der Waals surface area (Å²) in [5.41, 5.74) is 2.59. The van der Waals surface area contributed by atoms with E-state index in [-0.39, 0.29) is 5.91 Å². The van der Waals surface area contributed by atoms with Crippen molar-refractivity contribution in [2.24, 2.45) is 0 Å². The van der Waals surface area contributed by atoms with E-state index in [0.717, 1.165) is 11.3 Å². The highest BCUT2D eigenvalue weighted by molar-refractivity contribution is 5.97. The zero-order valence-electron chi connectivity index (χ0n) is 12.0. The average Bonchev–Trinajstić information content (AvgIpc) is 2.97. The summed E-state index contributed by atoms with van der Waals surface area (Å²) >= 11 is 0. The van der Waals surface area contributed by atoms with Gasteiger partial charge in [-0.1, -0.05) is 6.07 Å². The van der Waals surface area contributed by atoms with Crippen molar-refractivity contribution in [1.82, 2.24) is 9.88 Å². The van der Waals surface area contributed by atoms with Crippen LogP contribution in [0, 0.1) is 0 Å². The number of hydrogen-bond acceptors (Lipinski definition) is 4. The van der Waals surface area contributed by atoms with E-state index in [4.69, 9.17) is 9.47 Å².